The van der Waals surface area contributed by atoms with Crippen molar-refractivity contribution >= 4 is 23.0 Å². The molecular weight excluding hydrogens is 306 g/mol. The van der Waals surface area contributed by atoms with Crippen LogP contribution in [0.4, 0.5) is 17.1 Å². The topological polar surface area (TPSA) is 41.6 Å². The van der Waals surface area contributed by atoms with Gasteiger partial charge in [0.1, 0.15) is 0 Å². The minimum Gasteiger partial charge on any atom is -0.369 e. The van der Waals surface area contributed by atoms with Crippen molar-refractivity contribution in [3.63, 3.8) is 0 Å². The summed E-state index contributed by atoms with van der Waals surface area (Å²) in [7, 11) is 0. The van der Waals surface area contributed by atoms with Crippen molar-refractivity contribution in [1.29, 1.82) is 0 Å². The third-order valence-electron chi connectivity index (χ3n) is 4.40. The number of nitrogens with two attached hydrogens (primary N) is 1. The Labute approximate surface area is 149 Å². The lowest BCUT2D eigenvalue weighted by molar-refractivity contribution is 1.21. The van der Waals surface area contributed by atoms with Gasteiger partial charge in [0.05, 0.1) is 17.1 Å². The zero-order valence-electron chi connectivity index (χ0n) is 14.9. The number of guanidine groups is 1. The number of rotatable bonds is 3. The van der Waals surface area contributed by atoms with E-state index in [4.69, 9.17) is 5.73 Å². The minimum absolute atomic E-state index is 0.453. The van der Waals surface area contributed by atoms with Crippen LogP contribution in [0.3, 0.4) is 0 Å². The smallest absolute Gasteiger partial charge is 0.205 e. The third kappa shape index (κ3) is 3.56. The van der Waals surface area contributed by atoms with Crippen LogP contribution in [0.2, 0.25) is 0 Å². The Balaban J connectivity index is 2.18. The second-order valence-corrected chi connectivity index (χ2v) is 6.15. The van der Waals surface area contributed by atoms with Gasteiger partial charge in [-0.25, -0.2) is 4.99 Å². The first-order valence-electron chi connectivity index (χ1n) is 8.39. The van der Waals surface area contributed by atoms with Crippen molar-refractivity contribution in [2.75, 3.05) is 4.90 Å². The SMILES string of the molecule is Cc1ccccc1N(C(N)=Nc1ccccc1)c1cccc(C)c1C. The van der Waals surface area contributed by atoms with E-state index in [-0.39, 0.29) is 0 Å². The third-order valence-corrected chi connectivity index (χ3v) is 4.40. The van der Waals surface area contributed by atoms with Gasteiger partial charge in [-0.15, -0.1) is 0 Å². The number of nitrogens with zero attached hydrogens (tertiary/aromatic N) is 2. The van der Waals surface area contributed by atoms with Gasteiger partial charge >= 0.3 is 0 Å². The molecule has 3 aromatic rings. The molecule has 0 saturated carbocycles. The van der Waals surface area contributed by atoms with Gasteiger partial charge in [0.2, 0.25) is 5.96 Å². The highest BCUT2D eigenvalue weighted by Gasteiger charge is 2.18. The molecular formula is C22H23N3. The first-order chi connectivity index (χ1) is 12.1. The van der Waals surface area contributed by atoms with Crippen LogP contribution in [-0.4, -0.2) is 5.96 Å². The molecule has 0 bridgehead atoms. The van der Waals surface area contributed by atoms with Crippen molar-refractivity contribution in [2.45, 2.75) is 20.8 Å². The number of aryl methyl sites for hydroxylation is 2. The fourth-order valence-electron chi connectivity index (χ4n) is 2.85. The molecule has 0 radical (unpaired) electrons. The fraction of sp³-hybridized carbons (Fsp3) is 0.136. The minimum atomic E-state index is 0.453. The molecule has 0 saturated heterocycles. The number of hydrogen-bond donors (Lipinski definition) is 1. The Morgan fingerprint density at radius 2 is 1.32 bits per heavy atom. The van der Waals surface area contributed by atoms with E-state index in [0.29, 0.717) is 5.96 Å². The van der Waals surface area contributed by atoms with Gasteiger partial charge in [0.25, 0.3) is 0 Å². The summed E-state index contributed by atoms with van der Waals surface area (Å²) in [6.07, 6.45) is 0. The Hall–Kier alpha value is -3.07. The van der Waals surface area contributed by atoms with E-state index in [9.17, 15) is 0 Å². The van der Waals surface area contributed by atoms with Crippen LogP contribution < -0.4 is 10.6 Å². The molecule has 0 spiro atoms. The van der Waals surface area contributed by atoms with Crippen LogP contribution in [0.5, 0.6) is 0 Å². The molecule has 3 heteroatoms. The predicted molar refractivity (Wildman–Crippen MR) is 107 cm³/mol. The molecule has 0 unspecified atom stereocenters. The van der Waals surface area contributed by atoms with E-state index in [1.807, 2.05) is 47.4 Å². The van der Waals surface area contributed by atoms with Crippen LogP contribution in [0, 0.1) is 20.8 Å². The molecule has 25 heavy (non-hydrogen) atoms. The number of anilines is 2. The molecule has 0 aliphatic heterocycles. The highest BCUT2D eigenvalue weighted by molar-refractivity contribution is 6.04. The summed E-state index contributed by atoms with van der Waals surface area (Å²) in [5.74, 6) is 0.453. The van der Waals surface area contributed by atoms with Crippen LogP contribution in [0.25, 0.3) is 0 Å². The highest BCUT2D eigenvalue weighted by Crippen LogP contribution is 2.32. The molecule has 3 nitrogen and oxygen atoms in total. The average Bonchev–Trinajstić information content (AvgIpc) is 2.61. The molecule has 3 rings (SSSR count). The predicted octanol–water partition coefficient (Wildman–Crippen LogP) is 5.40. The number of aliphatic imine (C=N–C) groups is 1. The normalized spacial score (nSPS) is 11.4. The van der Waals surface area contributed by atoms with Gasteiger partial charge in [-0.05, 0) is 61.7 Å². The average molecular weight is 329 g/mol. The van der Waals surface area contributed by atoms with Gasteiger partial charge in [-0.2, -0.15) is 0 Å². The lowest BCUT2D eigenvalue weighted by atomic mass is 10.1. The van der Waals surface area contributed by atoms with Crippen molar-refractivity contribution < 1.29 is 0 Å². The number of benzene rings is 3. The maximum Gasteiger partial charge on any atom is 0.205 e. The molecule has 0 aliphatic carbocycles. The first kappa shape index (κ1) is 16.8. The molecule has 0 aliphatic rings. The van der Waals surface area contributed by atoms with E-state index in [2.05, 4.69) is 56.1 Å². The lowest BCUT2D eigenvalue weighted by Gasteiger charge is -2.27. The van der Waals surface area contributed by atoms with Crippen molar-refractivity contribution in [3.05, 3.63) is 89.5 Å². The van der Waals surface area contributed by atoms with Gasteiger partial charge in [-0.3, -0.25) is 4.90 Å². The molecule has 0 fully saturated rings. The van der Waals surface area contributed by atoms with Gasteiger partial charge in [0, 0.05) is 0 Å². The Bertz CT molecular complexity index is 898. The monoisotopic (exact) mass is 329 g/mol. The van der Waals surface area contributed by atoms with Crippen LogP contribution >= 0.6 is 0 Å². The van der Waals surface area contributed by atoms with Crippen molar-refractivity contribution in [3.8, 4) is 0 Å². The van der Waals surface area contributed by atoms with Crippen LogP contribution in [-0.2, 0) is 0 Å². The van der Waals surface area contributed by atoms with E-state index < -0.39 is 0 Å². The summed E-state index contributed by atoms with van der Waals surface area (Å²) in [6.45, 7) is 6.31. The van der Waals surface area contributed by atoms with Crippen LogP contribution in [0.15, 0.2) is 77.8 Å². The summed E-state index contributed by atoms with van der Waals surface area (Å²) in [4.78, 5) is 6.68. The Morgan fingerprint density at radius 3 is 2.04 bits per heavy atom. The quantitative estimate of drug-likeness (QED) is 0.516. The van der Waals surface area contributed by atoms with Crippen LogP contribution in [0.1, 0.15) is 16.7 Å². The zero-order valence-corrected chi connectivity index (χ0v) is 14.9. The van der Waals surface area contributed by atoms with Crippen molar-refractivity contribution in [1.82, 2.24) is 0 Å². The Kier molecular flexibility index (Phi) is 4.85. The summed E-state index contributed by atoms with van der Waals surface area (Å²) < 4.78 is 0. The van der Waals surface area contributed by atoms with Gasteiger partial charge in [-0.1, -0.05) is 48.5 Å². The molecule has 3 aromatic carbocycles. The Morgan fingerprint density at radius 1 is 0.720 bits per heavy atom. The van der Waals surface area contributed by atoms with E-state index in [0.717, 1.165) is 22.6 Å². The largest absolute Gasteiger partial charge is 0.369 e. The summed E-state index contributed by atoms with van der Waals surface area (Å²) in [5, 5.41) is 0. The van der Waals surface area contributed by atoms with E-state index in [1.165, 1.54) is 11.1 Å². The molecule has 0 atom stereocenters. The summed E-state index contributed by atoms with van der Waals surface area (Å²) >= 11 is 0. The van der Waals surface area contributed by atoms with Gasteiger partial charge < -0.3 is 5.73 Å². The summed E-state index contributed by atoms with van der Waals surface area (Å²) in [5.41, 5.74) is 13.0. The molecule has 2 N–H and O–H groups in total. The zero-order chi connectivity index (χ0) is 17.8. The number of hydrogen-bond acceptors (Lipinski definition) is 1. The second kappa shape index (κ2) is 7.22. The molecule has 0 aromatic heterocycles. The maximum absolute atomic E-state index is 6.48. The second-order valence-electron chi connectivity index (χ2n) is 6.15. The fourth-order valence-corrected chi connectivity index (χ4v) is 2.85. The molecule has 0 heterocycles. The van der Waals surface area contributed by atoms with E-state index >= 15 is 0 Å². The maximum atomic E-state index is 6.48. The summed E-state index contributed by atoms with van der Waals surface area (Å²) in [6, 6.07) is 24.3. The highest BCUT2D eigenvalue weighted by atomic mass is 15.3. The lowest BCUT2D eigenvalue weighted by Crippen LogP contribution is -2.34. The van der Waals surface area contributed by atoms with Crippen molar-refractivity contribution in [2.24, 2.45) is 10.7 Å². The molecule has 0 amide bonds. The van der Waals surface area contributed by atoms with Gasteiger partial charge in [0.15, 0.2) is 0 Å². The number of para-hydroxylation sites is 2. The first-order valence-corrected chi connectivity index (χ1v) is 8.39. The van der Waals surface area contributed by atoms with E-state index in [1.54, 1.807) is 0 Å². The standard InChI is InChI=1S/C22H23N3/c1-16-11-9-15-21(18(16)3)25(20-14-8-7-10-17(20)2)22(23)24-19-12-5-4-6-13-19/h4-15H,1-3H3,(H2,23,24). The molecule has 126 valence electrons.